The zero-order valence-corrected chi connectivity index (χ0v) is 13.0. The predicted molar refractivity (Wildman–Crippen MR) is 83.5 cm³/mol. The number of hydrogen-bond donors (Lipinski definition) is 0. The molecule has 1 aromatic rings. The molecule has 0 spiro atoms. The molecule has 0 saturated heterocycles. The summed E-state index contributed by atoms with van der Waals surface area (Å²) in [6.07, 6.45) is 4.72. The van der Waals surface area contributed by atoms with Gasteiger partial charge in [0.1, 0.15) is 5.75 Å². The third kappa shape index (κ3) is 2.15. The molecule has 4 rings (SSSR count). The maximum Gasteiger partial charge on any atom is 0.118 e. The van der Waals surface area contributed by atoms with E-state index in [1.165, 1.54) is 12.8 Å². The van der Waals surface area contributed by atoms with Gasteiger partial charge >= 0.3 is 0 Å². The van der Waals surface area contributed by atoms with E-state index < -0.39 is 0 Å². The molecule has 0 amide bonds. The summed E-state index contributed by atoms with van der Waals surface area (Å²) in [5.41, 5.74) is 1.71. The van der Waals surface area contributed by atoms with Crippen molar-refractivity contribution in [3.8, 4) is 5.75 Å². The molecule has 0 N–H and O–H groups in total. The van der Waals surface area contributed by atoms with Gasteiger partial charge < -0.3 is 4.74 Å². The van der Waals surface area contributed by atoms with Gasteiger partial charge in [-0.2, -0.15) is 0 Å². The number of benzene rings is 1. The first kappa shape index (κ1) is 13.7. The van der Waals surface area contributed by atoms with Crippen LogP contribution in [0.4, 0.5) is 0 Å². The highest BCUT2D eigenvalue weighted by Crippen LogP contribution is 2.61. The Bertz CT molecular complexity index is 503. The minimum absolute atomic E-state index is 0.508. The molecular formula is C18H25NO. The number of nitrogens with zero attached hydrogens (tertiary/aromatic N) is 1. The van der Waals surface area contributed by atoms with Crippen LogP contribution in [0.15, 0.2) is 29.3 Å². The Hall–Kier alpha value is -1.31. The van der Waals surface area contributed by atoms with Crippen LogP contribution >= 0.6 is 0 Å². The third-order valence-corrected chi connectivity index (χ3v) is 5.84. The van der Waals surface area contributed by atoms with Gasteiger partial charge in [-0.1, -0.05) is 20.8 Å². The van der Waals surface area contributed by atoms with E-state index in [-0.39, 0.29) is 0 Å². The molecule has 2 bridgehead atoms. The summed E-state index contributed by atoms with van der Waals surface area (Å²) in [4.78, 5) is 4.87. The van der Waals surface area contributed by atoms with Crippen molar-refractivity contribution in [2.75, 3.05) is 7.11 Å². The van der Waals surface area contributed by atoms with Crippen LogP contribution in [0.3, 0.4) is 0 Å². The van der Waals surface area contributed by atoms with Crippen LogP contribution in [0, 0.1) is 23.2 Å². The van der Waals surface area contributed by atoms with Crippen molar-refractivity contribution in [2.24, 2.45) is 28.2 Å². The molecule has 4 atom stereocenters. The molecule has 0 radical (unpaired) electrons. The molecule has 2 nitrogen and oxygen atoms in total. The van der Waals surface area contributed by atoms with Crippen LogP contribution in [-0.4, -0.2) is 19.4 Å². The molecule has 20 heavy (non-hydrogen) atoms. The fraction of sp³-hybridized carbons (Fsp3) is 0.611. The third-order valence-electron chi connectivity index (χ3n) is 5.84. The van der Waals surface area contributed by atoms with Gasteiger partial charge in [-0.15, -0.1) is 0 Å². The SMILES string of the molecule is COc1ccc(C=N[C@@H]2C[C@@H]3C[C@H]([C@H]2C)C3(C)C)cc1. The Balaban J connectivity index is 1.68. The molecular weight excluding hydrogens is 246 g/mol. The van der Waals surface area contributed by atoms with E-state index in [0.29, 0.717) is 17.4 Å². The van der Waals surface area contributed by atoms with Crippen LogP contribution < -0.4 is 4.74 Å². The monoisotopic (exact) mass is 271 g/mol. The maximum atomic E-state index is 5.18. The molecule has 2 heteroatoms. The first-order valence-electron chi connectivity index (χ1n) is 7.69. The Kier molecular flexibility index (Phi) is 3.35. The van der Waals surface area contributed by atoms with Crippen molar-refractivity contribution in [1.82, 2.24) is 0 Å². The van der Waals surface area contributed by atoms with E-state index in [0.717, 1.165) is 23.1 Å². The lowest BCUT2D eigenvalue weighted by atomic mass is 9.45. The lowest BCUT2D eigenvalue weighted by molar-refractivity contribution is -0.108. The van der Waals surface area contributed by atoms with E-state index >= 15 is 0 Å². The van der Waals surface area contributed by atoms with Crippen LogP contribution in [0.2, 0.25) is 0 Å². The number of ether oxygens (including phenoxy) is 1. The molecule has 1 aromatic carbocycles. The molecule has 3 aliphatic carbocycles. The summed E-state index contributed by atoms with van der Waals surface area (Å²) < 4.78 is 5.18. The molecule has 0 aromatic heterocycles. The molecule has 0 unspecified atom stereocenters. The quantitative estimate of drug-likeness (QED) is 0.756. The minimum atomic E-state index is 0.508. The summed E-state index contributed by atoms with van der Waals surface area (Å²) in [5, 5.41) is 0. The van der Waals surface area contributed by atoms with Crippen molar-refractivity contribution in [3.63, 3.8) is 0 Å². The van der Waals surface area contributed by atoms with E-state index in [2.05, 4.69) is 32.9 Å². The number of rotatable bonds is 3. The zero-order valence-electron chi connectivity index (χ0n) is 13.0. The largest absolute Gasteiger partial charge is 0.497 e. The van der Waals surface area contributed by atoms with Crippen molar-refractivity contribution in [1.29, 1.82) is 0 Å². The Morgan fingerprint density at radius 2 is 1.90 bits per heavy atom. The number of fused-ring (bicyclic) bond motifs is 2. The van der Waals surface area contributed by atoms with Crippen LogP contribution in [0.5, 0.6) is 5.75 Å². The van der Waals surface area contributed by atoms with E-state index in [1.807, 2.05) is 18.3 Å². The van der Waals surface area contributed by atoms with Crippen molar-refractivity contribution in [3.05, 3.63) is 29.8 Å². The van der Waals surface area contributed by atoms with E-state index in [4.69, 9.17) is 9.73 Å². The number of hydrogen-bond acceptors (Lipinski definition) is 2. The standard InChI is InChI=1S/C18H25NO/c1-12-16-9-14(18(16,2)3)10-17(12)19-11-13-5-7-15(20-4)8-6-13/h5-8,11-12,14,16-17H,9-10H2,1-4H3/t12-,14+,16-,17-/m1/s1. The average molecular weight is 271 g/mol. The normalized spacial score (nSPS) is 34.8. The zero-order chi connectivity index (χ0) is 14.3. The second kappa shape index (κ2) is 4.91. The Labute approximate surface area is 122 Å². The highest BCUT2D eigenvalue weighted by Gasteiger charge is 2.56. The molecule has 108 valence electrons. The highest BCUT2D eigenvalue weighted by molar-refractivity contribution is 5.79. The van der Waals surface area contributed by atoms with Crippen LogP contribution in [-0.2, 0) is 0 Å². The predicted octanol–water partition coefficient (Wildman–Crippen LogP) is 4.18. The summed E-state index contributed by atoms with van der Waals surface area (Å²) >= 11 is 0. The van der Waals surface area contributed by atoms with Gasteiger partial charge in [0.25, 0.3) is 0 Å². The summed E-state index contributed by atoms with van der Waals surface area (Å²) in [6.45, 7) is 7.26. The van der Waals surface area contributed by atoms with Gasteiger partial charge in [0.05, 0.1) is 13.2 Å². The topological polar surface area (TPSA) is 21.6 Å². The second-order valence-corrected chi connectivity index (χ2v) is 7.07. The van der Waals surface area contributed by atoms with Gasteiger partial charge in [0.2, 0.25) is 0 Å². The fourth-order valence-electron chi connectivity index (χ4n) is 4.19. The van der Waals surface area contributed by atoms with Gasteiger partial charge in [-0.3, -0.25) is 4.99 Å². The number of methoxy groups -OCH3 is 1. The lowest BCUT2D eigenvalue weighted by Crippen LogP contribution is -2.56. The first-order valence-corrected chi connectivity index (χ1v) is 7.69. The highest BCUT2D eigenvalue weighted by atomic mass is 16.5. The Morgan fingerprint density at radius 3 is 2.45 bits per heavy atom. The average Bonchev–Trinajstić information content (AvgIpc) is 2.46. The fourth-order valence-corrected chi connectivity index (χ4v) is 4.19. The Morgan fingerprint density at radius 1 is 1.20 bits per heavy atom. The lowest BCUT2D eigenvalue weighted by Gasteiger charge is -2.61. The second-order valence-electron chi connectivity index (χ2n) is 7.07. The molecule has 0 heterocycles. The van der Waals surface area contributed by atoms with Crippen molar-refractivity contribution < 1.29 is 4.74 Å². The molecule has 3 aliphatic rings. The summed E-state index contributed by atoms with van der Waals surface area (Å²) in [6, 6.07) is 8.63. The van der Waals surface area contributed by atoms with Gasteiger partial charge in [0, 0.05) is 6.21 Å². The minimum Gasteiger partial charge on any atom is -0.497 e. The van der Waals surface area contributed by atoms with Crippen LogP contribution in [0.25, 0.3) is 0 Å². The van der Waals surface area contributed by atoms with Gasteiger partial charge in [-0.25, -0.2) is 0 Å². The molecule has 3 fully saturated rings. The summed E-state index contributed by atoms with van der Waals surface area (Å²) in [5.74, 6) is 3.35. The van der Waals surface area contributed by atoms with Crippen LogP contribution in [0.1, 0.15) is 39.2 Å². The smallest absolute Gasteiger partial charge is 0.118 e. The van der Waals surface area contributed by atoms with E-state index in [9.17, 15) is 0 Å². The summed E-state index contributed by atoms with van der Waals surface area (Å²) in [7, 11) is 1.70. The van der Waals surface area contributed by atoms with Crippen molar-refractivity contribution in [2.45, 2.75) is 39.7 Å². The molecule has 3 saturated carbocycles. The van der Waals surface area contributed by atoms with Gasteiger partial charge in [-0.05, 0) is 65.8 Å². The number of aliphatic imine (C=N–C) groups is 1. The van der Waals surface area contributed by atoms with Crippen molar-refractivity contribution >= 4 is 6.21 Å². The maximum absolute atomic E-state index is 5.18. The molecule has 0 aliphatic heterocycles. The van der Waals surface area contributed by atoms with Gasteiger partial charge in [0.15, 0.2) is 0 Å². The first-order chi connectivity index (χ1) is 9.52. The van der Waals surface area contributed by atoms with E-state index in [1.54, 1.807) is 7.11 Å².